The lowest BCUT2D eigenvalue weighted by Gasteiger charge is -1.99. The number of aromatic nitrogens is 4. The minimum absolute atomic E-state index is 0.783. The van der Waals surface area contributed by atoms with E-state index in [2.05, 4.69) is 38.1 Å². The van der Waals surface area contributed by atoms with Crippen LogP contribution in [0.15, 0.2) is 16.9 Å². The molecule has 0 aromatic carbocycles. The largest absolute Gasteiger partial charge is 0.215 e. The van der Waals surface area contributed by atoms with Crippen molar-refractivity contribution in [1.82, 2.24) is 19.8 Å². The number of hydrogen-bond donors (Lipinski definition) is 0. The normalized spacial score (nSPS) is 10.9. The molecule has 0 radical (unpaired) electrons. The summed E-state index contributed by atoms with van der Waals surface area (Å²) in [4.78, 5) is 0. The van der Waals surface area contributed by atoms with Crippen molar-refractivity contribution in [3.63, 3.8) is 0 Å². The summed E-state index contributed by atoms with van der Waals surface area (Å²) in [5.41, 5.74) is 1.88. The van der Waals surface area contributed by atoms with Gasteiger partial charge in [-0.15, -0.1) is 5.10 Å². The van der Waals surface area contributed by atoms with Crippen LogP contribution in [0.3, 0.4) is 0 Å². The second-order valence-electron chi connectivity index (χ2n) is 2.81. The molecular weight excluding hydrogens is 232 g/mol. The van der Waals surface area contributed by atoms with Gasteiger partial charge in [0.25, 0.3) is 0 Å². The Hall–Kier alpha value is -0.970. The third-order valence-corrected chi connectivity index (χ3v) is 2.40. The van der Waals surface area contributed by atoms with Crippen molar-refractivity contribution in [2.24, 2.45) is 0 Å². The minimum atomic E-state index is 0.783. The standard InChI is InChI=1S/C8H9BrN4/c1-2-3-6-4-10-12-8-7(9)5-11-13(6)8/h4-5H,2-3H2,1H3. The van der Waals surface area contributed by atoms with Crippen LogP contribution in [0.25, 0.3) is 5.65 Å². The van der Waals surface area contributed by atoms with Crippen LogP contribution in [-0.4, -0.2) is 19.8 Å². The maximum atomic E-state index is 4.20. The quantitative estimate of drug-likeness (QED) is 0.805. The van der Waals surface area contributed by atoms with Gasteiger partial charge in [-0.1, -0.05) is 13.3 Å². The van der Waals surface area contributed by atoms with Crippen molar-refractivity contribution in [1.29, 1.82) is 0 Å². The van der Waals surface area contributed by atoms with Gasteiger partial charge in [-0.25, -0.2) is 4.52 Å². The van der Waals surface area contributed by atoms with Gasteiger partial charge in [0.15, 0.2) is 5.65 Å². The molecule has 0 spiro atoms. The van der Waals surface area contributed by atoms with Crippen molar-refractivity contribution in [3.8, 4) is 0 Å². The molecule has 2 rings (SSSR count). The van der Waals surface area contributed by atoms with Gasteiger partial charge in [0.1, 0.15) is 0 Å². The first kappa shape index (κ1) is 8.62. The number of nitrogens with zero attached hydrogens (tertiary/aromatic N) is 4. The third kappa shape index (κ3) is 1.44. The van der Waals surface area contributed by atoms with E-state index in [0.717, 1.165) is 28.7 Å². The van der Waals surface area contributed by atoms with Gasteiger partial charge in [0.05, 0.1) is 22.6 Å². The van der Waals surface area contributed by atoms with Gasteiger partial charge >= 0.3 is 0 Å². The zero-order chi connectivity index (χ0) is 9.26. The van der Waals surface area contributed by atoms with Crippen molar-refractivity contribution in [3.05, 3.63) is 22.6 Å². The number of hydrogen-bond acceptors (Lipinski definition) is 3. The average Bonchev–Trinajstić information content (AvgIpc) is 2.50. The highest BCUT2D eigenvalue weighted by atomic mass is 79.9. The number of halogens is 1. The maximum absolute atomic E-state index is 4.20. The molecule has 0 atom stereocenters. The van der Waals surface area contributed by atoms with E-state index in [0.29, 0.717) is 0 Å². The van der Waals surface area contributed by atoms with Crippen molar-refractivity contribution < 1.29 is 0 Å². The second kappa shape index (κ2) is 3.41. The zero-order valence-electron chi connectivity index (χ0n) is 7.24. The highest BCUT2D eigenvalue weighted by molar-refractivity contribution is 9.10. The predicted octanol–water partition coefficient (Wildman–Crippen LogP) is 1.84. The molecule has 0 unspecified atom stereocenters. The lowest BCUT2D eigenvalue weighted by Crippen LogP contribution is -2.01. The van der Waals surface area contributed by atoms with Gasteiger partial charge in [0, 0.05) is 0 Å². The molecule has 0 aliphatic rings. The molecule has 0 N–H and O–H groups in total. The Morgan fingerprint density at radius 2 is 2.31 bits per heavy atom. The molecule has 0 saturated heterocycles. The molecule has 5 heteroatoms. The third-order valence-electron chi connectivity index (χ3n) is 1.84. The van der Waals surface area contributed by atoms with E-state index in [-0.39, 0.29) is 0 Å². The Bertz CT molecular complexity index is 423. The summed E-state index contributed by atoms with van der Waals surface area (Å²) < 4.78 is 2.71. The second-order valence-corrected chi connectivity index (χ2v) is 3.67. The summed E-state index contributed by atoms with van der Waals surface area (Å²) in [6, 6.07) is 0. The van der Waals surface area contributed by atoms with Crippen molar-refractivity contribution >= 4 is 21.6 Å². The number of rotatable bonds is 2. The highest BCUT2D eigenvalue weighted by Crippen LogP contribution is 2.15. The highest BCUT2D eigenvalue weighted by Gasteiger charge is 2.05. The molecule has 2 heterocycles. The van der Waals surface area contributed by atoms with Gasteiger partial charge in [0.2, 0.25) is 0 Å². The van der Waals surface area contributed by atoms with Crippen molar-refractivity contribution in [2.45, 2.75) is 19.8 Å². The molecule has 68 valence electrons. The van der Waals surface area contributed by atoms with Gasteiger partial charge in [-0.2, -0.15) is 10.2 Å². The molecule has 13 heavy (non-hydrogen) atoms. The summed E-state index contributed by atoms with van der Waals surface area (Å²) in [6.45, 7) is 2.13. The monoisotopic (exact) mass is 240 g/mol. The van der Waals surface area contributed by atoms with Crippen LogP contribution in [0.1, 0.15) is 19.0 Å². The fraction of sp³-hybridized carbons (Fsp3) is 0.375. The van der Waals surface area contributed by atoms with E-state index >= 15 is 0 Å². The first-order valence-corrected chi connectivity index (χ1v) is 4.96. The van der Waals surface area contributed by atoms with Gasteiger partial charge < -0.3 is 0 Å². The molecule has 0 fully saturated rings. The summed E-state index contributed by atoms with van der Waals surface area (Å²) >= 11 is 3.37. The molecule has 0 bridgehead atoms. The maximum Gasteiger partial charge on any atom is 0.191 e. The molecule has 0 aliphatic carbocycles. The number of aryl methyl sites for hydroxylation is 1. The van der Waals surface area contributed by atoms with E-state index in [1.54, 1.807) is 12.4 Å². The lowest BCUT2D eigenvalue weighted by molar-refractivity contribution is 0.771. The van der Waals surface area contributed by atoms with Crippen LogP contribution < -0.4 is 0 Å². The van der Waals surface area contributed by atoms with Crippen LogP contribution in [0, 0.1) is 0 Å². The minimum Gasteiger partial charge on any atom is -0.215 e. The predicted molar refractivity (Wildman–Crippen MR) is 52.5 cm³/mol. The van der Waals surface area contributed by atoms with E-state index in [1.165, 1.54) is 0 Å². The SMILES string of the molecule is CCCc1cnnc2c(Br)cnn12. The summed E-state index contributed by atoms with van der Waals surface area (Å²) in [6.07, 6.45) is 5.55. The lowest BCUT2D eigenvalue weighted by atomic mass is 10.3. The zero-order valence-corrected chi connectivity index (χ0v) is 8.82. The van der Waals surface area contributed by atoms with E-state index < -0.39 is 0 Å². The van der Waals surface area contributed by atoms with Gasteiger partial charge in [-0.05, 0) is 22.4 Å². The van der Waals surface area contributed by atoms with E-state index in [4.69, 9.17) is 0 Å². The van der Waals surface area contributed by atoms with E-state index in [9.17, 15) is 0 Å². The van der Waals surface area contributed by atoms with Crippen molar-refractivity contribution in [2.75, 3.05) is 0 Å². The number of fused-ring (bicyclic) bond motifs is 1. The molecular formula is C8H9BrN4. The van der Waals surface area contributed by atoms with Gasteiger partial charge in [-0.3, -0.25) is 0 Å². The topological polar surface area (TPSA) is 43.1 Å². The summed E-state index contributed by atoms with van der Waals surface area (Å²) in [5.74, 6) is 0. The van der Waals surface area contributed by atoms with Crippen LogP contribution in [0.2, 0.25) is 0 Å². The first-order chi connectivity index (χ1) is 6.33. The fourth-order valence-electron chi connectivity index (χ4n) is 1.25. The molecule has 0 aliphatic heterocycles. The molecule has 0 amide bonds. The Morgan fingerprint density at radius 3 is 3.08 bits per heavy atom. The average molecular weight is 241 g/mol. The Labute approximate surface area is 84.1 Å². The molecule has 2 aromatic heterocycles. The van der Waals surface area contributed by atoms with Crippen LogP contribution >= 0.6 is 15.9 Å². The Kier molecular flexibility index (Phi) is 2.26. The smallest absolute Gasteiger partial charge is 0.191 e. The molecule has 4 nitrogen and oxygen atoms in total. The van der Waals surface area contributed by atoms with E-state index in [1.807, 2.05) is 4.52 Å². The molecule has 2 aromatic rings. The van der Waals surface area contributed by atoms with Crippen LogP contribution in [0.4, 0.5) is 0 Å². The summed E-state index contributed by atoms with van der Waals surface area (Å²) in [7, 11) is 0. The Morgan fingerprint density at radius 1 is 1.46 bits per heavy atom. The fourth-order valence-corrected chi connectivity index (χ4v) is 1.59. The van der Waals surface area contributed by atoms with Crippen LogP contribution in [0.5, 0.6) is 0 Å². The Balaban J connectivity index is 2.63. The first-order valence-electron chi connectivity index (χ1n) is 4.16. The van der Waals surface area contributed by atoms with Crippen LogP contribution in [-0.2, 0) is 6.42 Å². The summed E-state index contributed by atoms with van der Waals surface area (Å²) in [5, 5.41) is 12.1. The molecule has 0 saturated carbocycles.